The van der Waals surface area contributed by atoms with Crippen LogP contribution in [0.1, 0.15) is 31.1 Å². The smallest absolute Gasteiger partial charge is 0.150 e. The van der Waals surface area contributed by atoms with Crippen LogP contribution in [0.2, 0.25) is 0 Å². The minimum absolute atomic E-state index is 0.196. The van der Waals surface area contributed by atoms with Crippen molar-refractivity contribution in [3.8, 4) is 0 Å². The van der Waals surface area contributed by atoms with E-state index >= 15 is 0 Å². The van der Waals surface area contributed by atoms with Crippen LogP contribution in [0.5, 0.6) is 0 Å². The lowest BCUT2D eigenvalue weighted by Gasteiger charge is -2.17. The molecule has 13 heavy (non-hydrogen) atoms. The standard InChI is InChI=1S/C11H14OS/c1-11(2,3)13-10-6-4-5-9(7-10)8-12/h4-8H,1-3H3. The minimum atomic E-state index is 0.196. The normalized spacial score (nSPS) is 11.3. The van der Waals surface area contributed by atoms with Gasteiger partial charge >= 0.3 is 0 Å². The van der Waals surface area contributed by atoms with Crippen LogP contribution >= 0.6 is 11.8 Å². The Kier molecular flexibility index (Phi) is 3.15. The van der Waals surface area contributed by atoms with Gasteiger partial charge in [-0.05, 0) is 12.1 Å². The van der Waals surface area contributed by atoms with E-state index < -0.39 is 0 Å². The van der Waals surface area contributed by atoms with Gasteiger partial charge < -0.3 is 0 Å². The van der Waals surface area contributed by atoms with Crippen LogP contribution in [0.25, 0.3) is 0 Å². The van der Waals surface area contributed by atoms with Gasteiger partial charge in [0.25, 0.3) is 0 Å². The van der Waals surface area contributed by atoms with E-state index in [2.05, 4.69) is 20.8 Å². The lowest BCUT2D eigenvalue weighted by Crippen LogP contribution is -2.06. The molecule has 0 bridgehead atoms. The predicted molar refractivity (Wildman–Crippen MR) is 57.4 cm³/mol. The van der Waals surface area contributed by atoms with Crippen molar-refractivity contribution >= 4 is 18.0 Å². The molecule has 0 unspecified atom stereocenters. The lowest BCUT2D eigenvalue weighted by atomic mass is 10.2. The number of carbonyl (C=O) groups is 1. The molecule has 1 rings (SSSR count). The number of hydrogen-bond acceptors (Lipinski definition) is 2. The van der Waals surface area contributed by atoms with E-state index in [0.717, 1.165) is 16.7 Å². The summed E-state index contributed by atoms with van der Waals surface area (Å²) >= 11 is 1.77. The first-order chi connectivity index (χ1) is 6.01. The molecule has 0 aliphatic heterocycles. The van der Waals surface area contributed by atoms with E-state index in [-0.39, 0.29) is 4.75 Å². The van der Waals surface area contributed by atoms with Gasteiger partial charge in [-0.15, -0.1) is 11.8 Å². The van der Waals surface area contributed by atoms with Crippen LogP contribution in [0.3, 0.4) is 0 Å². The zero-order valence-electron chi connectivity index (χ0n) is 8.20. The highest BCUT2D eigenvalue weighted by Gasteiger charge is 2.11. The van der Waals surface area contributed by atoms with Gasteiger partial charge in [-0.3, -0.25) is 4.79 Å². The maximum atomic E-state index is 10.5. The molecule has 70 valence electrons. The number of aldehydes is 1. The number of hydrogen-bond donors (Lipinski definition) is 0. The number of rotatable bonds is 2. The summed E-state index contributed by atoms with van der Waals surface area (Å²) in [5, 5.41) is 0. The zero-order chi connectivity index (χ0) is 9.90. The number of carbonyl (C=O) groups excluding carboxylic acids is 1. The van der Waals surface area contributed by atoms with E-state index in [1.165, 1.54) is 0 Å². The van der Waals surface area contributed by atoms with Gasteiger partial charge in [-0.1, -0.05) is 32.9 Å². The molecule has 0 aliphatic rings. The topological polar surface area (TPSA) is 17.1 Å². The van der Waals surface area contributed by atoms with Gasteiger partial charge in [0.1, 0.15) is 6.29 Å². The SMILES string of the molecule is CC(C)(C)Sc1cccc(C=O)c1. The summed E-state index contributed by atoms with van der Waals surface area (Å²) in [6.45, 7) is 6.47. The first kappa shape index (κ1) is 10.3. The largest absolute Gasteiger partial charge is 0.298 e. The third-order valence-corrected chi connectivity index (χ3v) is 2.52. The van der Waals surface area contributed by atoms with Gasteiger partial charge in [-0.2, -0.15) is 0 Å². The van der Waals surface area contributed by atoms with Crippen LogP contribution in [-0.4, -0.2) is 11.0 Å². The second-order valence-corrected chi connectivity index (χ2v) is 5.81. The van der Waals surface area contributed by atoms with Crippen molar-refractivity contribution in [3.63, 3.8) is 0 Å². The van der Waals surface area contributed by atoms with Crippen molar-refractivity contribution in [3.05, 3.63) is 29.8 Å². The Morgan fingerprint density at radius 2 is 2.00 bits per heavy atom. The van der Waals surface area contributed by atoms with Gasteiger partial charge in [0.15, 0.2) is 0 Å². The second-order valence-electron chi connectivity index (χ2n) is 3.90. The van der Waals surface area contributed by atoms with E-state index in [1.54, 1.807) is 11.8 Å². The fourth-order valence-corrected chi connectivity index (χ4v) is 2.05. The number of benzene rings is 1. The van der Waals surface area contributed by atoms with E-state index in [0.29, 0.717) is 0 Å². The molecular formula is C11H14OS. The highest BCUT2D eigenvalue weighted by Crippen LogP contribution is 2.31. The first-order valence-electron chi connectivity index (χ1n) is 4.25. The third-order valence-electron chi connectivity index (χ3n) is 1.42. The Hall–Kier alpha value is -0.760. The summed E-state index contributed by atoms with van der Waals surface area (Å²) in [6, 6.07) is 7.68. The molecular weight excluding hydrogens is 180 g/mol. The summed E-state index contributed by atoms with van der Waals surface area (Å²) in [6.07, 6.45) is 0.882. The Bertz CT molecular complexity index is 299. The van der Waals surface area contributed by atoms with Gasteiger partial charge in [0.2, 0.25) is 0 Å². The second kappa shape index (κ2) is 3.97. The number of thioether (sulfide) groups is 1. The third kappa shape index (κ3) is 3.64. The summed E-state index contributed by atoms with van der Waals surface area (Å²) in [7, 11) is 0. The summed E-state index contributed by atoms with van der Waals surface area (Å²) in [4.78, 5) is 11.7. The molecule has 0 radical (unpaired) electrons. The van der Waals surface area contributed by atoms with Gasteiger partial charge in [0.05, 0.1) is 0 Å². The lowest BCUT2D eigenvalue weighted by molar-refractivity contribution is 0.112. The summed E-state index contributed by atoms with van der Waals surface area (Å²) in [5.74, 6) is 0. The maximum Gasteiger partial charge on any atom is 0.150 e. The van der Waals surface area contributed by atoms with Crippen molar-refractivity contribution in [1.82, 2.24) is 0 Å². The molecule has 0 aromatic heterocycles. The van der Waals surface area contributed by atoms with Gasteiger partial charge in [0, 0.05) is 15.2 Å². The van der Waals surface area contributed by atoms with Crippen molar-refractivity contribution in [1.29, 1.82) is 0 Å². The van der Waals surface area contributed by atoms with Crippen molar-refractivity contribution in [2.45, 2.75) is 30.4 Å². The molecule has 0 heterocycles. The molecule has 0 fully saturated rings. The quantitative estimate of drug-likeness (QED) is 0.530. The van der Waals surface area contributed by atoms with Crippen LogP contribution in [0.15, 0.2) is 29.2 Å². The highest BCUT2D eigenvalue weighted by atomic mass is 32.2. The van der Waals surface area contributed by atoms with Crippen molar-refractivity contribution < 1.29 is 4.79 Å². The highest BCUT2D eigenvalue weighted by molar-refractivity contribution is 8.00. The molecule has 0 amide bonds. The monoisotopic (exact) mass is 194 g/mol. The minimum Gasteiger partial charge on any atom is -0.298 e. The fraction of sp³-hybridized carbons (Fsp3) is 0.364. The Morgan fingerprint density at radius 3 is 2.54 bits per heavy atom. The predicted octanol–water partition coefficient (Wildman–Crippen LogP) is 3.39. The molecule has 0 atom stereocenters. The zero-order valence-corrected chi connectivity index (χ0v) is 9.02. The van der Waals surface area contributed by atoms with Crippen molar-refractivity contribution in [2.75, 3.05) is 0 Å². The van der Waals surface area contributed by atoms with Crippen LogP contribution < -0.4 is 0 Å². The molecule has 2 heteroatoms. The van der Waals surface area contributed by atoms with Crippen LogP contribution in [0, 0.1) is 0 Å². The van der Waals surface area contributed by atoms with Gasteiger partial charge in [-0.25, -0.2) is 0 Å². The average molecular weight is 194 g/mol. The molecule has 1 nitrogen and oxygen atoms in total. The fourth-order valence-electron chi connectivity index (χ4n) is 1.00. The molecule has 0 saturated heterocycles. The van der Waals surface area contributed by atoms with E-state index in [4.69, 9.17) is 0 Å². The van der Waals surface area contributed by atoms with Crippen LogP contribution in [0.4, 0.5) is 0 Å². The molecule has 0 aliphatic carbocycles. The Labute approximate surface area is 83.5 Å². The van der Waals surface area contributed by atoms with Crippen LogP contribution in [-0.2, 0) is 0 Å². The van der Waals surface area contributed by atoms with E-state index in [1.807, 2.05) is 24.3 Å². The molecule has 1 aromatic carbocycles. The average Bonchev–Trinajstić information content (AvgIpc) is 2.01. The molecule has 0 N–H and O–H groups in total. The maximum absolute atomic E-state index is 10.5. The molecule has 0 saturated carbocycles. The summed E-state index contributed by atoms with van der Waals surface area (Å²) < 4.78 is 0.196. The molecule has 0 spiro atoms. The molecule has 1 aromatic rings. The first-order valence-corrected chi connectivity index (χ1v) is 5.07. The Balaban J connectivity index is 2.84. The van der Waals surface area contributed by atoms with E-state index in [9.17, 15) is 4.79 Å². The van der Waals surface area contributed by atoms with Crippen molar-refractivity contribution in [2.24, 2.45) is 0 Å². The summed E-state index contributed by atoms with van der Waals surface area (Å²) in [5.41, 5.74) is 0.745. The Morgan fingerprint density at radius 1 is 1.31 bits per heavy atom.